The number of allylic oxidation sites excluding steroid dienone is 2. The Morgan fingerprint density at radius 3 is 2.19 bits per heavy atom. The second-order valence-corrected chi connectivity index (χ2v) is 8.47. The molecule has 2 N–H and O–H groups in total. The van der Waals surface area contributed by atoms with Crippen molar-refractivity contribution < 1.29 is 9.53 Å². The molecular formula is C29H23N5O2. The van der Waals surface area contributed by atoms with Crippen LogP contribution in [0.25, 0.3) is 28.0 Å². The molecule has 0 unspecified atom stereocenters. The molecule has 0 radical (unpaired) electrons. The molecule has 3 heterocycles. The fourth-order valence-corrected chi connectivity index (χ4v) is 4.63. The summed E-state index contributed by atoms with van der Waals surface area (Å²) >= 11 is 0. The lowest BCUT2D eigenvalue weighted by Crippen LogP contribution is -2.26. The highest BCUT2D eigenvalue weighted by atomic mass is 16.5. The van der Waals surface area contributed by atoms with Crippen LogP contribution < -0.4 is 10.1 Å². The summed E-state index contributed by atoms with van der Waals surface area (Å²) < 4.78 is 6.88. The average Bonchev–Trinajstić information content (AvgIpc) is 3.58. The summed E-state index contributed by atoms with van der Waals surface area (Å²) in [6.07, 6.45) is 2.16. The van der Waals surface area contributed by atoms with Gasteiger partial charge in [0.05, 0.1) is 24.6 Å². The minimum Gasteiger partial charge on any atom is -0.497 e. The van der Waals surface area contributed by atoms with Crippen molar-refractivity contribution in [1.82, 2.24) is 20.0 Å². The molecule has 7 heteroatoms. The highest BCUT2D eigenvalue weighted by Gasteiger charge is 2.33. The van der Waals surface area contributed by atoms with Crippen molar-refractivity contribution in [1.29, 1.82) is 0 Å². The van der Waals surface area contributed by atoms with E-state index in [1.54, 1.807) is 18.0 Å². The third-order valence-corrected chi connectivity index (χ3v) is 6.31. The van der Waals surface area contributed by atoms with E-state index in [0.29, 0.717) is 17.8 Å². The van der Waals surface area contributed by atoms with Gasteiger partial charge in [-0.05, 0) is 23.3 Å². The van der Waals surface area contributed by atoms with Crippen LogP contribution in [0.3, 0.4) is 0 Å². The van der Waals surface area contributed by atoms with E-state index in [-0.39, 0.29) is 5.91 Å². The Morgan fingerprint density at radius 1 is 0.861 bits per heavy atom. The summed E-state index contributed by atoms with van der Waals surface area (Å²) in [4.78, 5) is 14.1. The number of rotatable bonds is 6. The topological polar surface area (TPSA) is 84.8 Å². The van der Waals surface area contributed by atoms with Crippen molar-refractivity contribution in [3.63, 3.8) is 0 Å². The second-order valence-electron chi connectivity index (χ2n) is 8.47. The molecule has 2 aromatic heterocycles. The zero-order chi connectivity index (χ0) is 24.5. The predicted molar refractivity (Wildman–Crippen MR) is 140 cm³/mol. The van der Waals surface area contributed by atoms with Gasteiger partial charge in [-0.3, -0.25) is 9.89 Å². The van der Waals surface area contributed by atoms with Crippen molar-refractivity contribution in [2.45, 2.75) is 6.42 Å². The van der Waals surface area contributed by atoms with Gasteiger partial charge in [0.2, 0.25) is 0 Å². The molecule has 176 valence electrons. The minimum atomic E-state index is -0.192. The highest BCUT2D eigenvalue weighted by Crippen LogP contribution is 2.40. The zero-order valence-electron chi connectivity index (χ0n) is 19.6. The molecule has 0 bridgehead atoms. The predicted octanol–water partition coefficient (Wildman–Crippen LogP) is 5.67. The first-order valence-corrected chi connectivity index (χ1v) is 11.6. The van der Waals surface area contributed by atoms with Gasteiger partial charge in [0, 0.05) is 29.3 Å². The van der Waals surface area contributed by atoms with E-state index >= 15 is 0 Å². The fourth-order valence-electron chi connectivity index (χ4n) is 4.63. The van der Waals surface area contributed by atoms with Crippen molar-refractivity contribution in [3.05, 3.63) is 114 Å². The van der Waals surface area contributed by atoms with Crippen LogP contribution in [0.1, 0.15) is 16.1 Å². The molecule has 1 aliphatic heterocycles. The first-order chi connectivity index (χ1) is 17.7. The van der Waals surface area contributed by atoms with E-state index in [0.717, 1.165) is 45.1 Å². The number of anilines is 1. The standard InChI is InChI=1S/C29H23N5O2/c1-36-22-14-12-20(13-15-22)26-23(31-25-16-17-30-32-25)18-24-27(19-8-4-2-5-9-19)28(33-34(24)29(26)35)21-10-6-3-7-11-21/h2-17H,18H2,1H3,(H2,30,31,32). The molecule has 0 fully saturated rings. The number of fused-ring (bicyclic) bond motifs is 1. The molecule has 0 amide bonds. The smallest absolute Gasteiger partial charge is 0.280 e. The quantitative estimate of drug-likeness (QED) is 0.332. The summed E-state index contributed by atoms with van der Waals surface area (Å²) in [5, 5.41) is 15.3. The second kappa shape index (κ2) is 9.03. The Balaban J connectivity index is 1.56. The van der Waals surface area contributed by atoms with Gasteiger partial charge in [-0.1, -0.05) is 72.8 Å². The molecule has 3 aromatic carbocycles. The first kappa shape index (κ1) is 21.6. The Kier molecular flexibility index (Phi) is 5.42. The van der Waals surface area contributed by atoms with Crippen LogP contribution >= 0.6 is 0 Å². The van der Waals surface area contributed by atoms with Crippen LogP contribution in [0.5, 0.6) is 5.75 Å². The highest BCUT2D eigenvalue weighted by molar-refractivity contribution is 6.23. The van der Waals surface area contributed by atoms with Gasteiger partial charge in [-0.15, -0.1) is 0 Å². The number of carbonyl (C=O) groups excluding carboxylic acids is 1. The van der Waals surface area contributed by atoms with E-state index in [4.69, 9.17) is 9.84 Å². The largest absolute Gasteiger partial charge is 0.497 e. The molecule has 7 nitrogen and oxygen atoms in total. The molecule has 1 aliphatic rings. The third kappa shape index (κ3) is 3.76. The zero-order valence-corrected chi connectivity index (χ0v) is 19.6. The molecule has 0 saturated heterocycles. The summed E-state index contributed by atoms with van der Waals surface area (Å²) in [5.41, 5.74) is 6.66. The van der Waals surface area contributed by atoms with Crippen LogP contribution in [0.2, 0.25) is 0 Å². The number of ether oxygens (including phenoxy) is 1. The van der Waals surface area contributed by atoms with Crippen LogP contribution in [0.15, 0.2) is 103 Å². The molecular weight excluding hydrogens is 450 g/mol. The molecule has 0 atom stereocenters. The summed E-state index contributed by atoms with van der Waals surface area (Å²) in [6, 6.07) is 29.4. The van der Waals surface area contributed by atoms with Crippen LogP contribution in [-0.2, 0) is 6.42 Å². The monoisotopic (exact) mass is 473 g/mol. The maximum absolute atomic E-state index is 14.1. The first-order valence-electron chi connectivity index (χ1n) is 11.6. The Hall–Kier alpha value is -4.91. The average molecular weight is 474 g/mol. The SMILES string of the molecule is COc1ccc(C2=C(Nc3ccn[nH]3)Cc3c(-c4ccccc4)c(-c4ccccc4)nn3C2=O)cc1. The normalized spacial score (nSPS) is 13.0. The fraction of sp³-hybridized carbons (Fsp3) is 0.0690. The van der Waals surface area contributed by atoms with Crippen molar-refractivity contribution >= 4 is 17.3 Å². The van der Waals surface area contributed by atoms with Crippen molar-refractivity contribution in [2.24, 2.45) is 0 Å². The van der Waals surface area contributed by atoms with Gasteiger partial charge < -0.3 is 10.1 Å². The van der Waals surface area contributed by atoms with Gasteiger partial charge in [-0.25, -0.2) is 0 Å². The lowest BCUT2D eigenvalue weighted by atomic mass is 9.92. The van der Waals surface area contributed by atoms with E-state index in [9.17, 15) is 4.79 Å². The molecule has 36 heavy (non-hydrogen) atoms. The Morgan fingerprint density at radius 2 is 1.56 bits per heavy atom. The van der Waals surface area contributed by atoms with Gasteiger partial charge in [0.1, 0.15) is 17.3 Å². The summed E-state index contributed by atoms with van der Waals surface area (Å²) in [7, 11) is 1.62. The third-order valence-electron chi connectivity index (χ3n) is 6.31. The number of benzene rings is 3. The number of nitrogens with one attached hydrogen (secondary N) is 2. The van der Waals surface area contributed by atoms with Gasteiger partial charge in [-0.2, -0.15) is 14.9 Å². The number of hydrogen-bond acceptors (Lipinski definition) is 5. The van der Waals surface area contributed by atoms with E-state index < -0.39 is 0 Å². The number of carbonyl (C=O) groups is 1. The lowest BCUT2D eigenvalue weighted by Gasteiger charge is -2.22. The number of aromatic nitrogens is 4. The maximum atomic E-state index is 14.1. The van der Waals surface area contributed by atoms with Crippen LogP contribution in [0.4, 0.5) is 5.82 Å². The van der Waals surface area contributed by atoms with Gasteiger partial charge in [0.15, 0.2) is 0 Å². The molecule has 0 spiro atoms. The lowest BCUT2D eigenvalue weighted by molar-refractivity contribution is 0.0958. The summed E-state index contributed by atoms with van der Waals surface area (Å²) in [6.45, 7) is 0. The Labute approximate surface area is 208 Å². The van der Waals surface area contributed by atoms with Crippen molar-refractivity contribution in [3.8, 4) is 28.1 Å². The molecule has 6 rings (SSSR count). The molecule has 5 aromatic rings. The van der Waals surface area contributed by atoms with E-state index in [1.165, 1.54) is 0 Å². The molecule has 0 aliphatic carbocycles. The van der Waals surface area contributed by atoms with Gasteiger partial charge >= 0.3 is 0 Å². The number of H-pyrrole nitrogens is 1. The van der Waals surface area contributed by atoms with E-state index in [1.807, 2.05) is 78.9 Å². The van der Waals surface area contributed by atoms with Crippen LogP contribution in [0, 0.1) is 0 Å². The minimum absolute atomic E-state index is 0.192. The van der Waals surface area contributed by atoms with Crippen LogP contribution in [-0.4, -0.2) is 33.0 Å². The van der Waals surface area contributed by atoms with E-state index in [2.05, 4.69) is 27.6 Å². The molecule has 0 saturated carbocycles. The Bertz CT molecular complexity index is 1550. The van der Waals surface area contributed by atoms with Gasteiger partial charge in [0.25, 0.3) is 5.91 Å². The number of aromatic amines is 1. The summed E-state index contributed by atoms with van der Waals surface area (Å²) in [5.74, 6) is 1.24. The number of hydrogen-bond donors (Lipinski definition) is 2. The number of methoxy groups -OCH3 is 1. The number of nitrogens with zero attached hydrogens (tertiary/aromatic N) is 3. The maximum Gasteiger partial charge on any atom is 0.280 e. The van der Waals surface area contributed by atoms with Crippen molar-refractivity contribution in [2.75, 3.05) is 12.4 Å².